The summed E-state index contributed by atoms with van der Waals surface area (Å²) in [4.78, 5) is 18.1. The highest BCUT2D eigenvalue weighted by Gasteiger charge is 2.05. The van der Waals surface area contributed by atoms with Gasteiger partial charge in [0.2, 0.25) is 0 Å². The van der Waals surface area contributed by atoms with Crippen LogP contribution < -0.4 is 5.73 Å². The number of aromatic nitrogens is 2. The smallest absolute Gasteiger partial charge is 0.265 e. The number of nitrogens with zero attached hydrogens (tertiary/aromatic N) is 1. The number of pyridine rings is 1. The van der Waals surface area contributed by atoms with Crippen LogP contribution in [0.3, 0.4) is 0 Å². The molecule has 0 aliphatic carbocycles. The topological polar surface area (TPSA) is 71.8 Å². The van der Waals surface area contributed by atoms with E-state index in [-0.39, 0.29) is 0 Å². The average Bonchev–Trinajstić information content (AvgIpc) is 2.76. The maximum Gasteiger partial charge on any atom is 0.265 e. The third-order valence-corrected chi connectivity index (χ3v) is 2.69. The molecule has 0 aliphatic rings. The van der Waals surface area contributed by atoms with E-state index in [9.17, 15) is 4.79 Å². The van der Waals surface area contributed by atoms with Crippen LogP contribution in [-0.4, -0.2) is 15.9 Å². The van der Waals surface area contributed by atoms with Crippen LogP contribution in [0.25, 0.3) is 21.7 Å². The molecule has 3 rings (SSSR count). The molecule has 78 valence electrons. The van der Waals surface area contributed by atoms with Crippen molar-refractivity contribution in [2.75, 3.05) is 0 Å². The van der Waals surface area contributed by atoms with Crippen molar-refractivity contribution in [1.82, 2.24) is 9.97 Å². The number of hydrogen-bond acceptors (Lipinski definition) is 2. The highest BCUT2D eigenvalue weighted by molar-refractivity contribution is 6.07. The quantitative estimate of drug-likeness (QED) is 0.644. The number of carbonyl (C=O) groups is 1. The Kier molecular flexibility index (Phi) is 1.71. The molecule has 0 saturated carbocycles. The zero-order chi connectivity index (χ0) is 11.1. The van der Waals surface area contributed by atoms with Crippen LogP contribution in [0.2, 0.25) is 0 Å². The van der Waals surface area contributed by atoms with Crippen LogP contribution >= 0.6 is 0 Å². The lowest BCUT2D eigenvalue weighted by Gasteiger charge is -2.02. The van der Waals surface area contributed by atoms with Gasteiger partial charge >= 0.3 is 0 Å². The number of aromatic amines is 1. The SMILES string of the molecule is NC(=O)c1ccc2c(ccc3cncc32)[nH]1. The Hall–Kier alpha value is -2.36. The van der Waals surface area contributed by atoms with Gasteiger partial charge in [-0.15, -0.1) is 0 Å². The van der Waals surface area contributed by atoms with Crippen LogP contribution in [-0.2, 0) is 0 Å². The molecule has 0 saturated heterocycles. The number of carbonyl (C=O) groups excluding carboxylic acids is 1. The van der Waals surface area contributed by atoms with Crippen LogP contribution in [0.4, 0.5) is 0 Å². The van der Waals surface area contributed by atoms with E-state index < -0.39 is 5.91 Å². The first-order chi connectivity index (χ1) is 7.75. The van der Waals surface area contributed by atoms with Gasteiger partial charge in [-0.1, -0.05) is 6.07 Å². The van der Waals surface area contributed by atoms with Gasteiger partial charge in [-0.05, 0) is 18.2 Å². The molecule has 2 aromatic heterocycles. The van der Waals surface area contributed by atoms with Gasteiger partial charge in [0.05, 0.1) is 0 Å². The number of H-pyrrole nitrogens is 1. The molecule has 0 atom stereocenters. The molecule has 2 heterocycles. The first-order valence-corrected chi connectivity index (χ1v) is 4.91. The fourth-order valence-electron chi connectivity index (χ4n) is 1.89. The summed E-state index contributed by atoms with van der Waals surface area (Å²) in [5.74, 6) is -0.456. The minimum absolute atomic E-state index is 0.409. The van der Waals surface area contributed by atoms with Crippen molar-refractivity contribution in [1.29, 1.82) is 0 Å². The minimum Gasteiger partial charge on any atom is -0.364 e. The summed E-state index contributed by atoms with van der Waals surface area (Å²) >= 11 is 0. The zero-order valence-corrected chi connectivity index (χ0v) is 8.40. The van der Waals surface area contributed by atoms with E-state index in [1.54, 1.807) is 6.07 Å². The lowest BCUT2D eigenvalue weighted by atomic mass is 10.1. The number of fused-ring (bicyclic) bond motifs is 3. The number of nitrogens with one attached hydrogen (secondary N) is 1. The molecule has 3 aromatic rings. The Bertz CT molecular complexity index is 700. The Morgan fingerprint density at radius 3 is 2.81 bits per heavy atom. The van der Waals surface area contributed by atoms with E-state index in [0.29, 0.717) is 5.69 Å². The van der Waals surface area contributed by atoms with Crippen LogP contribution in [0.5, 0.6) is 0 Å². The van der Waals surface area contributed by atoms with Crippen molar-refractivity contribution >= 4 is 27.6 Å². The van der Waals surface area contributed by atoms with Gasteiger partial charge in [-0.3, -0.25) is 9.78 Å². The predicted octanol–water partition coefficient (Wildman–Crippen LogP) is 1.81. The molecule has 0 fully saturated rings. The zero-order valence-electron chi connectivity index (χ0n) is 8.40. The lowest BCUT2D eigenvalue weighted by molar-refractivity contribution is 0.0996. The summed E-state index contributed by atoms with van der Waals surface area (Å²) in [6.07, 6.45) is 3.63. The monoisotopic (exact) mass is 211 g/mol. The lowest BCUT2D eigenvalue weighted by Crippen LogP contribution is -2.12. The minimum atomic E-state index is -0.456. The van der Waals surface area contributed by atoms with Crippen molar-refractivity contribution in [3.8, 4) is 0 Å². The molecule has 0 bridgehead atoms. The molecular formula is C12H9N3O. The highest BCUT2D eigenvalue weighted by atomic mass is 16.1. The molecule has 1 aromatic carbocycles. The van der Waals surface area contributed by atoms with Crippen molar-refractivity contribution < 1.29 is 4.79 Å². The molecule has 0 spiro atoms. The summed E-state index contributed by atoms with van der Waals surface area (Å²) in [6, 6.07) is 7.46. The van der Waals surface area contributed by atoms with Gasteiger partial charge in [0, 0.05) is 34.1 Å². The second kappa shape index (κ2) is 3.06. The van der Waals surface area contributed by atoms with Crippen molar-refractivity contribution in [3.05, 3.63) is 42.4 Å². The van der Waals surface area contributed by atoms with Crippen LogP contribution in [0.1, 0.15) is 10.5 Å². The average molecular weight is 211 g/mol. The van der Waals surface area contributed by atoms with Gasteiger partial charge < -0.3 is 10.7 Å². The number of benzene rings is 1. The fraction of sp³-hybridized carbons (Fsp3) is 0. The molecule has 3 N–H and O–H groups in total. The third-order valence-electron chi connectivity index (χ3n) is 2.69. The van der Waals surface area contributed by atoms with E-state index in [0.717, 1.165) is 21.7 Å². The summed E-state index contributed by atoms with van der Waals surface area (Å²) in [7, 11) is 0. The Labute approximate surface area is 91.1 Å². The first-order valence-electron chi connectivity index (χ1n) is 4.91. The van der Waals surface area contributed by atoms with Gasteiger partial charge in [0.15, 0.2) is 0 Å². The maximum atomic E-state index is 11.0. The highest BCUT2D eigenvalue weighted by Crippen LogP contribution is 2.23. The standard InChI is InChI=1S/C12H9N3O/c13-12(16)11-4-2-8-9-6-14-5-7(9)1-3-10(8)15-11/h1-6,15H,(H2,13,16). The molecule has 0 unspecified atom stereocenters. The Morgan fingerprint density at radius 1 is 1.12 bits per heavy atom. The molecule has 16 heavy (non-hydrogen) atoms. The summed E-state index contributed by atoms with van der Waals surface area (Å²) < 4.78 is 0. The molecule has 4 nitrogen and oxygen atoms in total. The predicted molar refractivity (Wildman–Crippen MR) is 62.1 cm³/mol. The van der Waals surface area contributed by atoms with Crippen molar-refractivity contribution in [3.63, 3.8) is 0 Å². The summed E-state index contributed by atoms with van der Waals surface area (Å²) in [5.41, 5.74) is 6.51. The molecule has 1 amide bonds. The summed E-state index contributed by atoms with van der Waals surface area (Å²) in [6.45, 7) is 0. The largest absolute Gasteiger partial charge is 0.364 e. The number of hydrogen-bond donors (Lipinski definition) is 2. The van der Waals surface area contributed by atoms with E-state index in [2.05, 4.69) is 9.97 Å². The number of nitrogens with two attached hydrogens (primary N) is 1. The Morgan fingerprint density at radius 2 is 2.00 bits per heavy atom. The fourth-order valence-corrected chi connectivity index (χ4v) is 1.89. The van der Waals surface area contributed by atoms with Crippen molar-refractivity contribution in [2.24, 2.45) is 5.73 Å². The van der Waals surface area contributed by atoms with Gasteiger partial charge in [0.1, 0.15) is 5.69 Å². The summed E-state index contributed by atoms with van der Waals surface area (Å²) in [5, 5.41) is 3.21. The van der Waals surface area contributed by atoms with Crippen LogP contribution in [0.15, 0.2) is 36.7 Å². The Balaban J connectivity index is 2.41. The molecular weight excluding hydrogens is 202 g/mol. The second-order valence-electron chi connectivity index (χ2n) is 3.67. The maximum absolute atomic E-state index is 11.0. The number of amides is 1. The van der Waals surface area contributed by atoms with Gasteiger partial charge in [-0.25, -0.2) is 0 Å². The number of primary amides is 1. The van der Waals surface area contributed by atoms with Crippen LogP contribution in [0, 0.1) is 0 Å². The van der Waals surface area contributed by atoms with E-state index in [1.807, 2.05) is 30.6 Å². The van der Waals surface area contributed by atoms with Gasteiger partial charge in [0.25, 0.3) is 5.91 Å². The molecule has 0 radical (unpaired) electrons. The first kappa shape index (κ1) is 8.91. The van der Waals surface area contributed by atoms with E-state index in [1.165, 1.54) is 0 Å². The van der Waals surface area contributed by atoms with Gasteiger partial charge in [-0.2, -0.15) is 0 Å². The third kappa shape index (κ3) is 1.16. The second-order valence-corrected chi connectivity index (χ2v) is 3.67. The normalized spacial score (nSPS) is 11.0. The number of rotatable bonds is 1. The molecule has 0 aliphatic heterocycles. The van der Waals surface area contributed by atoms with Crippen molar-refractivity contribution in [2.45, 2.75) is 0 Å². The van der Waals surface area contributed by atoms with E-state index in [4.69, 9.17) is 5.73 Å². The molecule has 4 heteroatoms. The van der Waals surface area contributed by atoms with E-state index >= 15 is 0 Å².